The number of nitro groups is 1. The van der Waals surface area contributed by atoms with Gasteiger partial charge < -0.3 is 4.74 Å². The number of nitrogens with zero attached hydrogens (tertiary/aromatic N) is 1. The van der Waals surface area contributed by atoms with Crippen LogP contribution in [0.3, 0.4) is 0 Å². The molecular formula is C15H13ClN2O6S. The number of carbonyl (C=O) groups excluding carboxylic acids is 1. The molecule has 0 bridgehead atoms. The van der Waals surface area contributed by atoms with Gasteiger partial charge in [0.25, 0.3) is 15.7 Å². The molecule has 132 valence electrons. The summed E-state index contributed by atoms with van der Waals surface area (Å²) >= 11 is 5.92. The summed E-state index contributed by atoms with van der Waals surface area (Å²) < 4.78 is 31.9. The number of nitro benzene ring substituents is 1. The molecule has 0 saturated carbocycles. The largest absolute Gasteiger partial charge is 0.462 e. The van der Waals surface area contributed by atoms with Crippen LogP contribution in [0.15, 0.2) is 47.4 Å². The van der Waals surface area contributed by atoms with Crippen molar-refractivity contribution in [1.29, 1.82) is 0 Å². The van der Waals surface area contributed by atoms with E-state index in [1.165, 1.54) is 36.4 Å². The molecule has 0 aromatic heterocycles. The molecule has 2 aromatic rings. The summed E-state index contributed by atoms with van der Waals surface area (Å²) in [5.74, 6) is -0.691. The van der Waals surface area contributed by atoms with Gasteiger partial charge in [-0.05, 0) is 31.2 Å². The van der Waals surface area contributed by atoms with Gasteiger partial charge in [-0.1, -0.05) is 17.7 Å². The molecule has 0 spiro atoms. The number of hydrogen-bond donors (Lipinski definition) is 1. The zero-order valence-corrected chi connectivity index (χ0v) is 14.5. The number of esters is 1. The third-order valence-corrected chi connectivity index (χ3v) is 4.76. The molecule has 0 aliphatic heterocycles. The van der Waals surface area contributed by atoms with Crippen LogP contribution in [0.2, 0.25) is 5.02 Å². The van der Waals surface area contributed by atoms with Crippen LogP contribution < -0.4 is 4.72 Å². The average Bonchev–Trinajstić information content (AvgIpc) is 2.56. The van der Waals surface area contributed by atoms with Crippen LogP contribution >= 0.6 is 11.6 Å². The summed E-state index contributed by atoms with van der Waals surface area (Å²) in [6.45, 7) is 1.76. The van der Waals surface area contributed by atoms with Gasteiger partial charge in [0, 0.05) is 17.8 Å². The molecule has 0 aliphatic carbocycles. The molecule has 2 aromatic carbocycles. The quantitative estimate of drug-likeness (QED) is 0.464. The summed E-state index contributed by atoms with van der Waals surface area (Å²) in [6.07, 6.45) is 0. The van der Waals surface area contributed by atoms with Crippen LogP contribution in [0.4, 0.5) is 11.4 Å². The summed E-state index contributed by atoms with van der Waals surface area (Å²) in [7, 11) is -4.09. The molecule has 8 nitrogen and oxygen atoms in total. The molecule has 0 saturated heterocycles. The number of benzene rings is 2. The van der Waals surface area contributed by atoms with Crippen molar-refractivity contribution in [3.63, 3.8) is 0 Å². The Morgan fingerprint density at radius 3 is 2.64 bits per heavy atom. The van der Waals surface area contributed by atoms with Gasteiger partial charge in [-0.15, -0.1) is 0 Å². The van der Waals surface area contributed by atoms with Gasteiger partial charge in [0.1, 0.15) is 0 Å². The average molecular weight is 385 g/mol. The summed E-state index contributed by atoms with van der Waals surface area (Å²) in [5.41, 5.74) is -0.284. The maximum absolute atomic E-state index is 12.4. The Balaban J connectivity index is 2.35. The van der Waals surface area contributed by atoms with Gasteiger partial charge in [-0.2, -0.15) is 0 Å². The standard InChI is InChI=1S/C15H13ClN2O6S/c1-2-24-15(19)13-8-10(6-7-14(13)16)17-25(22,23)12-5-3-4-11(9-12)18(20)21/h3-9,17H,2H2,1H3. The molecule has 10 heteroatoms. The number of nitrogens with one attached hydrogen (secondary N) is 1. The number of hydrogen-bond acceptors (Lipinski definition) is 6. The van der Waals surface area contributed by atoms with Gasteiger partial charge >= 0.3 is 5.97 Å². The number of carbonyl (C=O) groups is 1. The van der Waals surface area contributed by atoms with Crippen LogP contribution in [0.1, 0.15) is 17.3 Å². The van der Waals surface area contributed by atoms with Crippen LogP contribution in [0.5, 0.6) is 0 Å². The number of halogens is 1. The molecule has 0 unspecified atom stereocenters. The van der Waals surface area contributed by atoms with E-state index in [1.807, 2.05) is 0 Å². The fraction of sp³-hybridized carbons (Fsp3) is 0.133. The smallest absolute Gasteiger partial charge is 0.339 e. The number of ether oxygens (including phenoxy) is 1. The Morgan fingerprint density at radius 1 is 1.28 bits per heavy atom. The Kier molecular flexibility index (Phi) is 5.60. The third kappa shape index (κ3) is 4.46. The first kappa shape index (κ1) is 18.7. The number of sulfonamides is 1. The van der Waals surface area contributed by atoms with E-state index in [4.69, 9.17) is 16.3 Å². The van der Waals surface area contributed by atoms with Crippen LogP contribution in [-0.2, 0) is 14.8 Å². The molecule has 0 amide bonds. The minimum Gasteiger partial charge on any atom is -0.462 e. The van der Waals surface area contributed by atoms with Crippen LogP contribution in [0, 0.1) is 10.1 Å². The van der Waals surface area contributed by atoms with Crippen molar-refractivity contribution in [2.75, 3.05) is 11.3 Å². The van der Waals surface area contributed by atoms with E-state index in [2.05, 4.69) is 4.72 Å². The first-order valence-electron chi connectivity index (χ1n) is 6.98. The third-order valence-electron chi connectivity index (χ3n) is 3.05. The van der Waals surface area contributed by atoms with E-state index in [1.54, 1.807) is 6.92 Å². The lowest BCUT2D eigenvalue weighted by atomic mass is 10.2. The number of rotatable bonds is 6. The first-order valence-corrected chi connectivity index (χ1v) is 8.84. The highest BCUT2D eigenvalue weighted by Gasteiger charge is 2.19. The molecular weight excluding hydrogens is 372 g/mol. The highest BCUT2D eigenvalue weighted by molar-refractivity contribution is 7.92. The molecule has 0 atom stereocenters. The lowest BCUT2D eigenvalue weighted by Crippen LogP contribution is -2.14. The van der Waals surface area contributed by atoms with Crippen LogP contribution in [-0.4, -0.2) is 25.9 Å². The first-order chi connectivity index (χ1) is 11.7. The highest BCUT2D eigenvalue weighted by atomic mass is 35.5. The van der Waals surface area contributed by atoms with Crippen molar-refractivity contribution in [2.45, 2.75) is 11.8 Å². The minimum absolute atomic E-state index is 0.00255. The van der Waals surface area contributed by atoms with Gasteiger partial charge in [0.2, 0.25) is 0 Å². The Hall–Kier alpha value is -2.65. The predicted molar refractivity (Wildman–Crippen MR) is 91.3 cm³/mol. The van der Waals surface area contributed by atoms with Crippen molar-refractivity contribution >= 4 is 39.0 Å². The second-order valence-corrected chi connectivity index (χ2v) is 6.86. The maximum Gasteiger partial charge on any atom is 0.339 e. The molecule has 2 rings (SSSR count). The van der Waals surface area contributed by atoms with Crippen molar-refractivity contribution in [3.8, 4) is 0 Å². The van der Waals surface area contributed by atoms with Gasteiger partial charge in [0.05, 0.1) is 27.0 Å². The molecule has 0 radical (unpaired) electrons. The number of anilines is 1. The fourth-order valence-electron chi connectivity index (χ4n) is 1.93. The highest BCUT2D eigenvalue weighted by Crippen LogP contribution is 2.25. The lowest BCUT2D eigenvalue weighted by molar-refractivity contribution is -0.385. The summed E-state index contributed by atoms with van der Waals surface area (Å²) in [6, 6.07) is 8.54. The molecule has 25 heavy (non-hydrogen) atoms. The molecule has 0 fully saturated rings. The minimum atomic E-state index is -4.09. The molecule has 0 heterocycles. The van der Waals surface area contributed by atoms with Crippen molar-refractivity contribution < 1.29 is 22.9 Å². The SMILES string of the molecule is CCOC(=O)c1cc(NS(=O)(=O)c2cccc([N+](=O)[O-])c2)ccc1Cl. The lowest BCUT2D eigenvalue weighted by Gasteiger charge is -2.10. The van der Waals surface area contributed by atoms with E-state index in [9.17, 15) is 23.3 Å². The second kappa shape index (κ2) is 7.49. The topological polar surface area (TPSA) is 116 Å². The Morgan fingerprint density at radius 2 is 2.00 bits per heavy atom. The predicted octanol–water partition coefficient (Wildman–Crippen LogP) is 3.23. The van der Waals surface area contributed by atoms with Crippen molar-refractivity contribution in [3.05, 3.63) is 63.2 Å². The summed E-state index contributed by atoms with van der Waals surface area (Å²) in [5, 5.41) is 10.9. The fourth-order valence-corrected chi connectivity index (χ4v) is 3.22. The van der Waals surface area contributed by atoms with Crippen LogP contribution in [0.25, 0.3) is 0 Å². The van der Waals surface area contributed by atoms with E-state index >= 15 is 0 Å². The Labute approximate surface area is 148 Å². The van der Waals surface area contributed by atoms with E-state index in [0.717, 1.165) is 6.07 Å². The Bertz CT molecular complexity index is 929. The summed E-state index contributed by atoms with van der Waals surface area (Å²) in [4.78, 5) is 21.6. The number of non-ortho nitro benzene ring substituents is 1. The molecule has 1 N–H and O–H groups in total. The molecule has 0 aliphatic rings. The van der Waals surface area contributed by atoms with Gasteiger partial charge in [-0.3, -0.25) is 14.8 Å². The monoisotopic (exact) mass is 384 g/mol. The zero-order chi connectivity index (χ0) is 18.6. The van der Waals surface area contributed by atoms with Crippen molar-refractivity contribution in [2.24, 2.45) is 0 Å². The van der Waals surface area contributed by atoms with E-state index < -0.39 is 20.9 Å². The van der Waals surface area contributed by atoms with E-state index in [-0.39, 0.29) is 33.5 Å². The van der Waals surface area contributed by atoms with Gasteiger partial charge in [-0.25, -0.2) is 13.2 Å². The maximum atomic E-state index is 12.4. The van der Waals surface area contributed by atoms with Crippen molar-refractivity contribution in [1.82, 2.24) is 0 Å². The van der Waals surface area contributed by atoms with E-state index in [0.29, 0.717) is 0 Å². The second-order valence-electron chi connectivity index (χ2n) is 4.78. The van der Waals surface area contributed by atoms with Gasteiger partial charge in [0.15, 0.2) is 0 Å². The normalized spacial score (nSPS) is 11.0. The zero-order valence-electron chi connectivity index (χ0n) is 12.9.